The summed E-state index contributed by atoms with van der Waals surface area (Å²) in [5, 5.41) is 5.88. The fourth-order valence-corrected chi connectivity index (χ4v) is 1.78. The second kappa shape index (κ2) is 7.36. The first-order valence-electron chi connectivity index (χ1n) is 7.00. The number of rotatable bonds is 5. The second-order valence-corrected chi connectivity index (χ2v) is 5.11. The fraction of sp³-hybridized carbons (Fsp3) is 0.176. The van der Waals surface area contributed by atoms with Crippen molar-refractivity contribution in [3.63, 3.8) is 0 Å². The minimum Gasteiger partial charge on any atom is -0.368 e. The number of amides is 1. The van der Waals surface area contributed by atoms with Gasteiger partial charge in [-0.2, -0.15) is 0 Å². The molecule has 0 fully saturated rings. The first-order valence-corrected chi connectivity index (χ1v) is 7.00. The molecule has 1 aromatic carbocycles. The highest BCUT2D eigenvalue weighted by atomic mass is 19.1. The van der Waals surface area contributed by atoms with Gasteiger partial charge in [-0.1, -0.05) is 12.1 Å². The Hall–Kier alpha value is -2.69. The van der Waals surface area contributed by atoms with Gasteiger partial charge in [0.1, 0.15) is 11.6 Å². The van der Waals surface area contributed by atoms with Crippen LogP contribution in [0.25, 0.3) is 6.08 Å². The van der Waals surface area contributed by atoms with Gasteiger partial charge in [-0.15, -0.1) is 0 Å². The molecule has 22 heavy (non-hydrogen) atoms. The number of halogens is 1. The molecule has 1 amide bonds. The van der Waals surface area contributed by atoms with E-state index >= 15 is 0 Å². The number of aromatic nitrogens is 1. The number of hydrogen-bond donors (Lipinski definition) is 2. The molecule has 2 rings (SSSR count). The minimum atomic E-state index is -0.303. The average molecular weight is 299 g/mol. The number of nitrogens with one attached hydrogen (secondary N) is 2. The largest absolute Gasteiger partial charge is 0.368 e. The van der Waals surface area contributed by atoms with Gasteiger partial charge in [-0.05, 0) is 49.8 Å². The molecule has 0 unspecified atom stereocenters. The van der Waals surface area contributed by atoms with E-state index in [0.717, 1.165) is 11.4 Å². The van der Waals surface area contributed by atoms with E-state index in [9.17, 15) is 9.18 Å². The van der Waals surface area contributed by atoms with Crippen LogP contribution in [0, 0.1) is 5.82 Å². The van der Waals surface area contributed by atoms with Crippen LogP contribution in [0.4, 0.5) is 15.9 Å². The molecular weight excluding hydrogens is 281 g/mol. The average Bonchev–Trinajstić information content (AvgIpc) is 2.48. The summed E-state index contributed by atoms with van der Waals surface area (Å²) in [7, 11) is 0. The van der Waals surface area contributed by atoms with Gasteiger partial charge in [0.25, 0.3) is 0 Å². The summed E-state index contributed by atoms with van der Waals surface area (Å²) in [4.78, 5) is 16.0. The molecule has 4 nitrogen and oxygen atoms in total. The van der Waals surface area contributed by atoms with E-state index in [1.807, 2.05) is 13.8 Å². The maximum Gasteiger partial charge on any atom is 0.248 e. The fourth-order valence-electron chi connectivity index (χ4n) is 1.78. The molecule has 0 spiro atoms. The maximum absolute atomic E-state index is 12.8. The van der Waals surface area contributed by atoms with E-state index in [2.05, 4.69) is 15.6 Å². The van der Waals surface area contributed by atoms with E-state index < -0.39 is 0 Å². The predicted octanol–water partition coefficient (Wildman–Crippen LogP) is 3.69. The molecule has 114 valence electrons. The Balaban J connectivity index is 1.92. The van der Waals surface area contributed by atoms with Crippen molar-refractivity contribution in [1.29, 1.82) is 0 Å². The van der Waals surface area contributed by atoms with Crippen molar-refractivity contribution in [1.82, 2.24) is 4.98 Å². The summed E-state index contributed by atoms with van der Waals surface area (Å²) < 4.78 is 12.8. The lowest BCUT2D eigenvalue weighted by Crippen LogP contribution is -2.12. The van der Waals surface area contributed by atoms with Gasteiger partial charge in [0.2, 0.25) is 5.91 Å². The number of hydrogen-bond acceptors (Lipinski definition) is 3. The minimum absolute atomic E-state index is 0.268. The maximum atomic E-state index is 12.8. The topological polar surface area (TPSA) is 54.0 Å². The number of carbonyl (C=O) groups is 1. The van der Waals surface area contributed by atoms with E-state index in [0.29, 0.717) is 11.7 Å². The Labute approximate surface area is 129 Å². The molecule has 1 heterocycles. The van der Waals surface area contributed by atoms with Crippen molar-refractivity contribution in [3.05, 3.63) is 60.1 Å². The van der Waals surface area contributed by atoms with Crippen LogP contribution < -0.4 is 10.6 Å². The predicted molar refractivity (Wildman–Crippen MR) is 87.1 cm³/mol. The lowest BCUT2D eigenvalue weighted by Gasteiger charge is -2.09. The third-order valence-electron chi connectivity index (χ3n) is 2.76. The van der Waals surface area contributed by atoms with Crippen molar-refractivity contribution in [3.8, 4) is 0 Å². The molecule has 1 aromatic heterocycles. The van der Waals surface area contributed by atoms with Crippen molar-refractivity contribution in [2.45, 2.75) is 19.9 Å². The summed E-state index contributed by atoms with van der Waals surface area (Å²) in [5.41, 5.74) is 1.37. The number of pyridine rings is 1. The smallest absolute Gasteiger partial charge is 0.248 e. The van der Waals surface area contributed by atoms with Crippen LogP contribution in [0.1, 0.15) is 19.4 Å². The van der Waals surface area contributed by atoms with Crippen LogP contribution in [0.5, 0.6) is 0 Å². The zero-order chi connectivity index (χ0) is 15.9. The Kier molecular flexibility index (Phi) is 5.25. The van der Waals surface area contributed by atoms with Crippen molar-refractivity contribution in [2.75, 3.05) is 10.6 Å². The summed E-state index contributed by atoms with van der Waals surface area (Å²) in [6.45, 7) is 4.05. The Morgan fingerprint density at radius 1 is 1.18 bits per heavy atom. The molecule has 0 radical (unpaired) electrons. The molecule has 5 heteroatoms. The van der Waals surface area contributed by atoms with E-state index in [-0.39, 0.29) is 11.7 Å². The quantitative estimate of drug-likeness (QED) is 0.828. The SMILES string of the molecule is CC(C)Nc1ccc(NC(=O)/C=C/c2ccc(F)cc2)cn1. The normalized spacial score (nSPS) is 10.9. The molecule has 0 aliphatic carbocycles. The number of benzene rings is 1. The van der Waals surface area contributed by atoms with E-state index in [1.54, 1.807) is 36.5 Å². The molecule has 0 saturated carbocycles. The summed E-state index contributed by atoms with van der Waals surface area (Å²) in [6, 6.07) is 9.79. The van der Waals surface area contributed by atoms with Gasteiger partial charge < -0.3 is 10.6 Å². The number of nitrogens with zero attached hydrogens (tertiary/aromatic N) is 1. The Morgan fingerprint density at radius 2 is 1.91 bits per heavy atom. The van der Waals surface area contributed by atoms with Crippen molar-refractivity contribution in [2.24, 2.45) is 0 Å². The highest BCUT2D eigenvalue weighted by Gasteiger charge is 2.00. The van der Waals surface area contributed by atoms with Gasteiger partial charge >= 0.3 is 0 Å². The molecule has 0 aliphatic heterocycles. The number of anilines is 2. The molecule has 0 saturated heterocycles. The first-order chi connectivity index (χ1) is 10.5. The van der Waals surface area contributed by atoms with E-state index in [1.165, 1.54) is 18.2 Å². The monoisotopic (exact) mass is 299 g/mol. The van der Waals surface area contributed by atoms with Crippen LogP contribution >= 0.6 is 0 Å². The second-order valence-electron chi connectivity index (χ2n) is 5.11. The Morgan fingerprint density at radius 3 is 2.50 bits per heavy atom. The summed E-state index contributed by atoms with van der Waals surface area (Å²) in [5.74, 6) is 0.188. The van der Waals surface area contributed by atoms with E-state index in [4.69, 9.17) is 0 Å². The zero-order valence-corrected chi connectivity index (χ0v) is 12.5. The molecule has 2 aromatic rings. The van der Waals surface area contributed by atoms with Crippen LogP contribution in [0.15, 0.2) is 48.7 Å². The third kappa shape index (κ3) is 5.01. The Bertz CT molecular complexity index is 649. The van der Waals surface area contributed by atoms with Crippen LogP contribution in [-0.4, -0.2) is 16.9 Å². The van der Waals surface area contributed by atoms with Gasteiger partial charge in [0, 0.05) is 12.1 Å². The van der Waals surface area contributed by atoms with Gasteiger partial charge in [-0.25, -0.2) is 9.37 Å². The summed E-state index contributed by atoms with van der Waals surface area (Å²) >= 11 is 0. The highest BCUT2D eigenvalue weighted by Crippen LogP contribution is 2.11. The molecule has 2 N–H and O–H groups in total. The lowest BCUT2D eigenvalue weighted by molar-refractivity contribution is -0.111. The molecule has 0 bridgehead atoms. The highest BCUT2D eigenvalue weighted by molar-refractivity contribution is 6.01. The zero-order valence-electron chi connectivity index (χ0n) is 12.5. The number of carbonyl (C=O) groups excluding carboxylic acids is 1. The lowest BCUT2D eigenvalue weighted by atomic mass is 10.2. The molecular formula is C17H18FN3O. The van der Waals surface area contributed by atoms with Gasteiger partial charge in [0.15, 0.2) is 0 Å². The van der Waals surface area contributed by atoms with Gasteiger partial charge in [0.05, 0.1) is 11.9 Å². The van der Waals surface area contributed by atoms with Crippen LogP contribution in [0.3, 0.4) is 0 Å². The standard InChI is InChI=1S/C17H18FN3O/c1-12(2)20-16-9-8-15(11-19-16)21-17(22)10-5-13-3-6-14(18)7-4-13/h3-12H,1-2H3,(H,19,20)(H,21,22)/b10-5+. The third-order valence-corrected chi connectivity index (χ3v) is 2.76. The van der Waals surface area contributed by atoms with Crippen LogP contribution in [-0.2, 0) is 4.79 Å². The summed E-state index contributed by atoms with van der Waals surface area (Å²) in [6.07, 6.45) is 4.61. The van der Waals surface area contributed by atoms with Crippen LogP contribution in [0.2, 0.25) is 0 Å². The van der Waals surface area contributed by atoms with Crippen molar-refractivity contribution >= 4 is 23.5 Å². The molecule has 0 aliphatic rings. The van der Waals surface area contributed by atoms with Crippen molar-refractivity contribution < 1.29 is 9.18 Å². The first kappa shape index (κ1) is 15.7. The molecule has 0 atom stereocenters. The van der Waals surface area contributed by atoms with Gasteiger partial charge in [-0.3, -0.25) is 4.79 Å².